The largest absolute Gasteiger partial charge is 0.380 e. The molecule has 0 aliphatic heterocycles. The molecule has 0 heterocycles. The first-order chi connectivity index (χ1) is 9.03. The summed E-state index contributed by atoms with van der Waals surface area (Å²) in [5.74, 6) is 0. The lowest BCUT2D eigenvalue weighted by Crippen LogP contribution is -2.40. The van der Waals surface area contributed by atoms with Crippen LogP contribution >= 0.6 is 0 Å². The first-order valence-electron chi connectivity index (χ1n) is 7.30. The van der Waals surface area contributed by atoms with Crippen LogP contribution in [0.5, 0.6) is 0 Å². The van der Waals surface area contributed by atoms with Gasteiger partial charge in [-0.15, -0.1) is 0 Å². The van der Waals surface area contributed by atoms with E-state index in [4.69, 9.17) is 4.74 Å². The maximum Gasteiger partial charge on any atom is 0.0727 e. The van der Waals surface area contributed by atoms with E-state index in [0.717, 1.165) is 19.3 Å². The Bertz CT molecular complexity index is 377. The summed E-state index contributed by atoms with van der Waals surface area (Å²) in [5.41, 5.74) is 5.59. The fourth-order valence-electron chi connectivity index (χ4n) is 2.94. The number of nitrogens with one attached hydrogen (secondary N) is 1. The summed E-state index contributed by atoms with van der Waals surface area (Å²) in [6.07, 6.45) is 3.58. The van der Waals surface area contributed by atoms with Gasteiger partial charge in [-0.2, -0.15) is 0 Å². The van der Waals surface area contributed by atoms with Crippen LogP contribution in [0.3, 0.4) is 0 Å². The second kappa shape index (κ2) is 7.66. The lowest BCUT2D eigenvalue weighted by molar-refractivity contribution is 0.0632. The topological polar surface area (TPSA) is 21.3 Å². The molecule has 19 heavy (non-hydrogen) atoms. The molecule has 0 aromatic heterocycles. The standard InChI is InChI=1S/C17H29NO/c1-7-8-17(19-6)16(18-5)11-15-13(3)9-12(2)10-14(15)4/h9-10,16-18H,7-8,11H2,1-6H3. The van der Waals surface area contributed by atoms with Gasteiger partial charge in [0, 0.05) is 13.2 Å². The van der Waals surface area contributed by atoms with Gasteiger partial charge >= 0.3 is 0 Å². The lowest BCUT2D eigenvalue weighted by Gasteiger charge is -2.27. The van der Waals surface area contributed by atoms with E-state index in [-0.39, 0.29) is 6.10 Å². The fourth-order valence-corrected chi connectivity index (χ4v) is 2.94. The number of methoxy groups -OCH3 is 1. The molecule has 0 saturated carbocycles. The SMILES string of the molecule is CCCC(OC)C(Cc1c(C)cc(C)cc1C)NC. The van der Waals surface area contributed by atoms with E-state index >= 15 is 0 Å². The quantitative estimate of drug-likeness (QED) is 0.812. The van der Waals surface area contributed by atoms with Gasteiger partial charge in [-0.3, -0.25) is 0 Å². The highest BCUT2D eigenvalue weighted by atomic mass is 16.5. The molecule has 0 radical (unpaired) electrons. The van der Waals surface area contributed by atoms with Gasteiger partial charge in [0.05, 0.1) is 6.10 Å². The van der Waals surface area contributed by atoms with Crippen LogP contribution in [0.15, 0.2) is 12.1 Å². The molecule has 108 valence electrons. The van der Waals surface area contributed by atoms with Crippen LogP contribution in [0.25, 0.3) is 0 Å². The van der Waals surface area contributed by atoms with E-state index in [2.05, 4.69) is 45.1 Å². The molecule has 1 aromatic rings. The summed E-state index contributed by atoms with van der Waals surface area (Å²) in [6.45, 7) is 8.79. The van der Waals surface area contributed by atoms with E-state index in [1.165, 1.54) is 22.3 Å². The minimum absolute atomic E-state index is 0.287. The van der Waals surface area contributed by atoms with Gasteiger partial charge in [-0.05, 0) is 57.4 Å². The molecule has 2 nitrogen and oxygen atoms in total. The van der Waals surface area contributed by atoms with Crippen molar-refractivity contribution in [1.29, 1.82) is 0 Å². The van der Waals surface area contributed by atoms with Crippen LogP contribution in [-0.4, -0.2) is 26.3 Å². The minimum atomic E-state index is 0.287. The van der Waals surface area contributed by atoms with Crippen molar-refractivity contribution in [2.24, 2.45) is 0 Å². The molecular formula is C17H29NO. The summed E-state index contributed by atoms with van der Waals surface area (Å²) in [7, 11) is 3.85. The Morgan fingerprint density at radius 1 is 1.16 bits per heavy atom. The maximum atomic E-state index is 5.66. The van der Waals surface area contributed by atoms with Crippen molar-refractivity contribution in [2.75, 3.05) is 14.2 Å². The molecule has 0 spiro atoms. The molecule has 0 aliphatic carbocycles. The number of aryl methyl sites for hydroxylation is 3. The van der Waals surface area contributed by atoms with Crippen LogP contribution in [0.2, 0.25) is 0 Å². The third-order valence-corrected chi connectivity index (χ3v) is 3.96. The Kier molecular flexibility index (Phi) is 6.53. The molecule has 1 aromatic carbocycles. The number of likely N-dealkylation sites (N-methyl/N-ethyl adjacent to an activating group) is 1. The molecule has 2 unspecified atom stereocenters. The highest BCUT2D eigenvalue weighted by Gasteiger charge is 2.20. The van der Waals surface area contributed by atoms with Crippen LogP contribution in [0.1, 0.15) is 42.0 Å². The summed E-state index contributed by atoms with van der Waals surface area (Å²) >= 11 is 0. The van der Waals surface area contributed by atoms with E-state index in [1.807, 2.05) is 14.2 Å². The average molecular weight is 263 g/mol. The zero-order valence-electron chi connectivity index (χ0n) is 13.3. The Balaban J connectivity index is 2.92. The minimum Gasteiger partial charge on any atom is -0.380 e. The second-order valence-corrected chi connectivity index (χ2v) is 5.54. The van der Waals surface area contributed by atoms with Crippen molar-refractivity contribution in [1.82, 2.24) is 5.32 Å². The third-order valence-electron chi connectivity index (χ3n) is 3.96. The van der Waals surface area contributed by atoms with Crippen LogP contribution in [0, 0.1) is 20.8 Å². The van der Waals surface area contributed by atoms with Crippen molar-refractivity contribution in [2.45, 2.75) is 59.1 Å². The van der Waals surface area contributed by atoms with Crippen molar-refractivity contribution >= 4 is 0 Å². The predicted molar refractivity (Wildman–Crippen MR) is 82.9 cm³/mol. The summed E-state index contributed by atoms with van der Waals surface area (Å²) in [6, 6.07) is 4.93. The first kappa shape index (κ1) is 16.2. The Morgan fingerprint density at radius 2 is 1.74 bits per heavy atom. The Labute approximate surface area is 118 Å². The van der Waals surface area contributed by atoms with Gasteiger partial charge in [0.1, 0.15) is 0 Å². The number of hydrogen-bond acceptors (Lipinski definition) is 2. The van der Waals surface area contributed by atoms with Gasteiger partial charge in [0.15, 0.2) is 0 Å². The molecular weight excluding hydrogens is 234 g/mol. The fraction of sp³-hybridized carbons (Fsp3) is 0.647. The van der Waals surface area contributed by atoms with Gasteiger partial charge in [0.2, 0.25) is 0 Å². The van der Waals surface area contributed by atoms with Crippen LogP contribution in [0.4, 0.5) is 0 Å². The number of rotatable bonds is 7. The highest BCUT2D eigenvalue weighted by molar-refractivity contribution is 5.38. The average Bonchev–Trinajstić information content (AvgIpc) is 2.36. The molecule has 0 aliphatic rings. The molecule has 1 N–H and O–H groups in total. The second-order valence-electron chi connectivity index (χ2n) is 5.54. The van der Waals surface area contributed by atoms with Crippen molar-refractivity contribution in [3.63, 3.8) is 0 Å². The Morgan fingerprint density at radius 3 is 2.16 bits per heavy atom. The molecule has 2 heteroatoms. The molecule has 0 fully saturated rings. The number of hydrogen-bond donors (Lipinski definition) is 1. The molecule has 0 amide bonds. The normalized spacial score (nSPS) is 14.4. The zero-order valence-corrected chi connectivity index (χ0v) is 13.3. The monoisotopic (exact) mass is 263 g/mol. The van der Waals surface area contributed by atoms with E-state index in [0.29, 0.717) is 6.04 Å². The number of benzene rings is 1. The van der Waals surface area contributed by atoms with Gasteiger partial charge in [-0.1, -0.05) is 31.0 Å². The summed E-state index contributed by atoms with van der Waals surface area (Å²) < 4.78 is 5.66. The van der Waals surface area contributed by atoms with Crippen molar-refractivity contribution in [3.05, 3.63) is 34.4 Å². The van der Waals surface area contributed by atoms with E-state index in [9.17, 15) is 0 Å². The highest BCUT2D eigenvalue weighted by Crippen LogP contribution is 2.20. The van der Waals surface area contributed by atoms with E-state index in [1.54, 1.807) is 0 Å². The van der Waals surface area contributed by atoms with Gasteiger partial charge < -0.3 is 10.1 Å². The van der Waals surface area contributed by atoms with Gasteiger partial charge in [0.25, 0.3) is 0 Å². The molecule has 1 rings (SSSR count). The molecule has 0 saturated heterocycles. The third kappa shape index (κ3) is 4.32. The molecule has 0 bridgehead atoms. The summed E-state index contributed by atoms with van der Waals surface area (Å²) in [4.78, 5) is 0. The van der Waals surface area contributed by atoms with E-state index < -0.39 is 0 Å². The molecule has 2 atom stereocenters. The van der Waals surface area contributed by atoms with Crippen molar-refractivity contribution in [3.8, 4) is 0 Å². The Hall–Kier alpha value is -0.860. The smallest absolute Gasteiger partial charge is 0.0727 e. The summed E-state index contributed by atoms with van der Waals surface area (Å²) in [5, 5.41) is 3.43. The lowest BCUT2D eigenvalue weighted by atomic mass is 9.91. The van der Waals surface area contributed by atoms with Crippen LogP contribution in [-0.2, 0) is 11.2 Å². The zero-order chi connectivity index (χ0) is 14.4. The maximum absolute atomic E-state index is 5.66. The van der Waals surface area contributed by atoms with Crippen LogP contribution < -0.4 is 5.32 Å². The van der Waals surface area contributed by atoms with Crippen molar-refractivity contribution < 1.29 is 4.74 Å². The van der Waals surface area contributed by atoms with Gasteiger partial charge in [-0.25, -0.2) is 0 Å². The number of ether oxygens (including phenoxy) is 1. The predicted octanol–water partition coefficient (Wildman–Crippen LogP) is 3.56. The first-order valence-corrected chi connectivity index (χ1v) is 7.30.